The van der Waals surface area contributed by atoms with Crippen molar-refractivity contribution in [3.05, 3.63) is 63.6 Å². The molecule has 26 heavy (non-hydrogen) atoms. The van der Waals surface area contributed by atoms with Gasteiger partial charge in [0.1, 0.15) is 31.5 Å². The Morgan fingerprint density at radius 1 is 1.12 bits per heavy atom. The highest BCUT2D eigenvalue weighted by Crippen LogP contribution is 2.22. The highest BCUT2D eigenvalue weighted by Gasteiger charge is 2.25. The Balaban J connectivity index is 1.91. The minimum Gasteiger partial charge on any atom is -0.490 e. The number of hydrogen-bond donors (Lipinski definition) is 1. The topological polar surface area (TPSA) is 46.5 Å². The van der Waals surface area contributed by atoms with Gasteiger partial charge in [-0.1, -0.05) is 46.3 Å². The number of aliphatic hydroxyl groups is 1. The van der Waals surface area contributed by atoms with E-state index in [1.165, 1.54) is 0 Å². The summed E-state index contributed by atoms with van der Waals surface area (Å²) in [6, 6.07) is 13.3. The number of hydrogen-bond acceptors (Lipinski definition) is 3. The average molecular weight is 421 g/mol. The molecule has 0 unspecified atom stereocenters. The lowest BCUT2D eigenvalue weighted by atomic mass is 10.1. The maximum absolute atomic E-state index is 12.5. The van der Waals surface area contributed by atoms with Crippen molar-refractivity contribution in [3.63, 3.8) is 0 Å². The van der Waals surface area contributed by atoms with Crippen LogP contribution in [0.15, 0.2) is 46.9 Å². The van der Waals surface area contributed by atoms with Crippen LogP contribution in [0, 0.1) is 13.8 Å². The molecule has 0 aliphatic carbocycles. The van der Waals surface area contributed by atoms with Gasteiger partial charge in [0.15, 0.2) is 0 Å². The third-order valence-corrected chi connectivity index (χ3v) is 4.80. The summed E-state index contributed by atoms with van der Waals surface area (Å²) < 4.78 is 7.17. The van der Waals surface area contributed by atoms with Gasteiger partial charge in [0.2, 0.25) is 5.78 Å². The molecule has 0 aliphatic rings. The van der Waals surface area contributed by atoms with Crippen LogP contribution < -0.4 is 4.74 Å². The fourth-order valence-electron chi connectivity index (χ4n) is 3.01. The SMILES string of the molecule is Cc1cccc(C)c1OC[C@H](O)C[N+](C)(C)CC(=O)c1ccc(Br)cc1. The van der Waals surface area contributed by atoms with E-state index in [2.05, 4.69) is 15.9 Å². The number of rotatable bonds is 8. The molecule has 0 heterocycles. The summed E-state index contributed by atoms with van der Waals surface area (Å²) in [6.07, 6.45) is -0.651. The number of quaternary nitrogens is 1. The molecule has 0 radical (unpaired) electrons. The molecular formula is C21H27BrNO3+. The van der Waals surface area contributed by atoms with E-state index < -0.39 is 6.10 Å². The molecule has 0 fully saturated rings. The quantitative estimate of drug-likeness (QED) is 0.522. The van der Waals surface area contributed by atoms with Crippen LogP contribution in [-0.2, 0) is 0 Å². The first-order chi connectivity index (χ1) is 12.2. The molecule has 2 aromatic rings. The molecule has 2 rings (SSSR count). The summed E-state index contributed by atoms with van der Waals surface area (Å²) >= 11 is 3.37. The summed E-state index contributed by atoms with van der Waals surface area (Å²) in [5.74, 6) is 0.883. The van der Waals surface area contributed by atoms with Crippen molar-refractivity contribution >= 4 is 21.7 Å². The lowest BCUT2D eigenvalue weighted by Crippen LogP contribution is -2.49. The molecule has 1 N–H and O–H groups in total. The van der Waals surface area contributed by atoms with E-state index in [1.54, 1.807) is 0 Å². The smallest absolute Gasteiger partial charge is 0.216 e. The monoisotopic (exact) mass is 420 g/mol. The molecule has 0 spiro atoms. The predicted molar refractivity (Wildman–Crippen MR) is 108 cm³/mol. The van der Waals surface area contributed by atoms with Crippen LogP contribution in [0.4, 0.5) is 0 Å². The molecule has 0 bridgehead atoms. The predicted octanol–water partition coefficient (Wildman–Crippen LogP) is 3.76. The standard InChI is InChI=1S/C21H27BrNO3/c1-15-6-5-7-16(2)21(15)26-14-19(24)12-23(3,4)13-20(25)17-8-10-18(22)11-9-17/h5-11,19,24H,12-14H2,1-4H3/q+1/t19-/m1/s1. The van der Waals surface area contributed by atoms with E-state index in [-0.39, 0.29) is 12.4 Å². The van der Waals surface area contributed by atoms with Crippen molar-refractivity contribution in [2.45, 2.75) is 20.0 Å². The Kier molecular flexibility index (Phi) is 6.98. The number of halogens is 1. The lowest BCUT2D eigenvalue weighted by molar-refractivity contribution is -0.885. The molecule has 0 amide bonds. The molecule has 0 saturated heterocycles. The zero-order chi connectivity index (χ0) is 19.3. The Morgan fingerprint density at radius 2 is 1.69 bits per heavy atom. The van der Waals surface area contributed by atoms with Crippen LogP contribution in [-0.4, -0.2) is 55.3 Å². The van der Waals surface area contributed by atoms with Crippen molar-refractivity contribution in [2.24, 2.45) is 0 Å². The highest BCUT2D eigenvalue weighted by molar-refractivity contribution is 9.10. The van der Waals surface area contributed by atoms with Crippen LogP contribution in [0.5, 0.6) is 5.75 Å². The van der Waals surface area contributed by atoms with E-state index in [0.29, 0.717) is 23.1 Å². The third kappa shape index (κ3) is 5.94. The Hall–Kier alpha value is -1.69. The first-order valence-electron chi connectivity index (χ1n) is 8.66. The minimum absolute atomic E-state index is 0.0605. The van der Waals surface area contributed by atoms with E-state index in [4.69, 9.17) is 4.74 Å². The van der Waals surface area contributed by atoms with Gasteiger partial charge >= 0.3 is 0 Å². The fourth-order valence-corrected chi connectivity index (χ4v) is 3.27. The molecule has 140 valence electrons. The number of carbonyl (C=O) groups is 1. The number of likely N-dealkylation sites (N-methyl/N-ethyl adjacent to an activating group) is 1. The number of nitrogens with zero attached hydrogens (tertiary/aromatic N) is 1. The number of Topliss-reactive ketones (excluding diaryl/α,β-unsaturated/α-hetero) is 1. The van der Waals surface area contributed by atoms with Gasteiger partial charge in [-0.3, -0.25) is 4.79 Å². The maximum Gasteiger partial charge on any atom is 0.216 e. The summed E-state index contributed by atoms with van der Waals surface area (Å²) in [6.45, 7) is 4.95. The molecule has 1 atom stereocenters. The normalized spacial score (nSPS) is 12.7. The number of benzene rings is 2. The molecule has 0 saturated carbocycles. The number of aliphatic hydroxyl groups excluding tert-OH is 1. The van der Waals surface area contributed by atoms with E-state index in [9.17, 15) is 9.90 Å². The number of aryl methyl sites for hydroxylation is 2. The minimum atomic E-state index is -0.651. The van der Waals surface area contributed by atoms with Gasteiger partial charge in [0.05, 0.1) is 14.1 Å². The summed E-state index contributed by atoms with van der Waals surface area (Å²) in [5.41, 5.74) is 2.79. The van der Waals surface area contributed by atoms with Crippen LogP contribution in [0.1, 0.15) is 21.5 Å². The van der Waals surface area contributed by atoms with E-state index >= 15 is 0 Å². The molecule has 0 aliphatic heterocycles. The second-order valence-electron chi connectivity index (χ2n) is 7.39. The summed E-state index contributed by atoms with van der Waals surface area (Å²) in [4.78, 5) is 12.5. The number of ether oxygens (including phenoxy) is 1. The van der Waals surface area contributed by atoms with Crippen LogP contribution >= 0.6 is 15.9 Å². The molecule has 5 heteroatoms. The summed E-state index contributed by atoms with van der Waals surface area (Å²) in [7, 11) is 3.89. The van der Waals surface area contributed by atoms with Gasteiger partial charge in [-0.2, -0.15) is 0 Å². The third-order valence-electron chi connectivity index (χ3n) is 4.27. The van der Waals surface area contributed by atoms with Gasteiger partial charge in [0, 0.05) is 10.0 Å². The van der Waals surface area contributed by atoms with Gasteiger partial charge < -0.3 is 14.3 Å². The number of ketones is 1. The second-order valence-corrected chi connectivity index (χ2v) is 8.31. The van der Waals surface area contributed by atoms with Crippen molar-refractivity contribution in [3.8, 4) is 5.75 Å². The molecular weight excluding hydrogens is 394 g/mol. The van der Waals surface area contributed by atoms with Crippen LogP contribution in [0.3, 0.4) is 0 Å². The first kappa shape index (κ1) is 20.6. The summed E-state index contributed by atoms with van der Waals surface area (Å²) in [5, 5.41) is 10.4. The average Bonchev–Trinajstić information content (AvgIpc) is 2.54. The second kappa shape index (κ2) is 8.80. The maximum atomic E-state index is 12.5. The number of para-hydroxylation sites is 1. The molecule has 4 nitrogen and oxygen atoms in total. The van der Waals surface area contributed by atoms with Gasteiger partial charge in [-0.15, -0.1) is 0 Å². The van der Waals surface area contributed by atoms with Crippen molar-refractivity contribution in [1.29, 1.82) is 0 Å². The van der Waals surface area contributed by atoms with Crippen LogP contribution in [0.25, 0.3) is 0 Å². The fraction of sp³-hybridized carbons (Fsp3) is 0.381. The van der Waals surface area contributed by atoms with Gasteiger partial charge in [-0.25, -0.2) is 0 Å². The Morgan fingerprint density at radius 3 is 2.27 bits per heavy atom. The zero-order valence-electron chi connectivity index (χ0n) is 15.8. The van der Waals surface area contributed by atoms with E-state index in [1.807, 2.05) is 70.4 Å². The first-order valence-corrected chi connectivity index (χ1v) is 9.45. The van der Waals surface area contributed by atoms with Crippen molar-refractivity contribution < 1.29 is 19.1 Å². The van der Waals surface area contributed by atoms with Crippen LogP contribution in [0.2, 0.25) is 0 Å². The lowest BCUT2D eigenvalue weighted by Gasteiger charge is -2.31. The zero-order valence-corrected chi connectivity index (χ0v) is 17.4. The number of carbonyl (C=O) groups excluding carboxylic acids is 1. The van der Waals surface area contributed by atoms with Gasteiger partial charge in [-0.05, 0) is 37.1 Å². The Bertz CT molecular complexity index is 736. The Labute approximate surface area is 164 Å². The van der Waals surface area contributed by atoms with Gasteiger partial charge in [0.25, 0.3) is 0 Å². The molecule has 2 aromatic carbocycles. The van der Waals surface area contributed by atoms with Crippen molar-refractivity contribution in [1.82, 2.24) is 0 Å². The molecule has 0 aromatic heterocycles. The van der Waals surface area contributed by atoms with E-state index in [0.717, 1.165) is 21.3 Å². The largest absolute Gasteiger partial charge is 0.490 e. The highest BCUT2D eigenvalue weighted by atomic mass is 79.9. The van der Waals surface area contributed by atoms with Crippen molar-refractivity contribution in [2.75, 3.05) is 33.8 Å².